The summed E-state index contributed by atoms with van der Waals surface area (Å²) in [6, 6.07) is 5.24. The highest BCUT2D eigenvalue weighted by atomic mass is 79.9. The fraction of sp³-hybridized carbons (Fsp3) is 0.571. The summed E-state index contributed by atoms with van der Waals surface area (Å²) in [6.07, 6.45) is 1.27. The van der Waals surface area contributed by atoms with E-state index >= 15 is 0 Å². The van der Waals surface area contributed by atoms with Crippen LogP contribution in [0.15, 0.2) is 22.7 Å². The fourth-order valence-electron chi connectivity index (χ4n) is 2.49. The number of benzene rings is 1. The molecule has 2 rings (SSSR count). The topological polar surface area (TPSA) is 38.5 Å². The lowest BCUT2D eigenvalue weighted by Gasteiger charge is -2.38. The first-order valence-electron chi connectivity index (χ1n) is 6.66. The second-order valence-electron chi connectivity index (χ2n) is 4.82. The Balaban J connectivity index is 2.16. The standard InChI is InChI=1S/C14H20BrFN2O/c1-2-11-9-18(5-6-19-11)14(8-17)10-3-4-13(16)12(15)7-10/h3-4,7,11,14H,2,5-6,8-9,17H2,1H3. The minimum absolute atomic E-state index is 0.120. The highest BCUT2D eigenvalue weighted by Gasteiger charge is 2.26. The highest BCUT2D eigenvalue weighted by molar-refractivity contribution is 9.10. The zero-order chi connectivity index (χ0) is 13.8. The van der Waals surface area contributed by atoms with Crippen molar-refractivity contribution in [2.45, 2.75) is 25.5 Å². The lowest BCUT2D eigenvalue weighted by molar-refractivity contribution is -0.0437. The van der Waals surface area contributed by atoms with Crippen molar-refractivity contribution in [2.75, 3.05) is 26.2 Å². The number of hydrogen-bond donors (Lipinski definition) is 1. The molecule has 2 unspecified atom stereocenters. The SMILES string of the molecule is CCC1CN(C(CN)c2ccc(F)c(Br)c2)CCO1. The number of rotatable bonds is 4. The molecule has 5 heteroatoms. The van der Waals surface area contributed by atoms with Crippen molar-refractivity contribution in [1.82, 2.24) is 4.90 Å². The molecule has 2 atom stereocenters. The Kier molecular flexibility index (Phi) is 5.33. The van der Waals surface area contributed by atoms with Crippen molar-refractivity contribution < 1.29 is 9.13 Å². The summed E-state index contributed by atoms with van der Waals surface area (Å²) >= 11 is 3.23. The molecule has 1 aromatic carbocycles. The van der Waals surface area contributed by atoms with Crippen LogP contribution in [0.25, 0.3) is 0 Å². The molecule has 3 nitrogen and oxygen atoms in total. The molecule has 2 N–H and O–H groups in total. The van der Waals surface area contributed by atoms with E-state index in [-0.39, 0.29) is 18.0 Å². The van der Waals surface area contributed by atoms with E-state index in [1.807, 2.05) is 12.1 Å². The molecular formula is C14H20BrFN2O. The average molecular weight is 331 g/mol. The molecule has 0 saturated carbocycles. The summed E-state index contributed by atoms with van der Waals surface area (Å²) in [5, 5.41) is 0. The van der Waals surface area contributed by atoms with Crippen LogP contribution in [0.2, 0.25) is 0 Å². The first-order valence-corrected chi connectivity index (χ1v) is 7.45. The zero-order valence-electron chi connectivity index (χ0n) is 11.1. The molecule has 0 radical (unpaired) electrons. The van der Waals surface area contributed by atoms with Crippen LogP contribution >= 0.6 is 15.9 Å². The van der Waals surface area contributed by atoms with Crippen molar-refractivity contribution in [2.24, 2.45) is 5.73 Å². The third-order valence-corrected chi connectivity index (χ3v) is 4.23. The van der Waals surface area contributed by atoms with Crippen LogP contribution in [0, 0.1) is 5.82 Å². The largest absolute Gasteiger partial charge is 0.376 e. The summed E-state index contributed by atoms with van der Waals surface area (Å²) in [7, 11) is 0. The van der Waals surface area contributed by atoms with E-state index in [1.165, 1.54) is 6.07 Å². The van der Waals surface area contributed by atoms with E-state index < -0.39 is 0 Å². The Morgan fingerprint density at radius 1 is 1.58 bits per heavy atom. The summed E-state index contributed by atoms with van der Waals surface area (Å²) in [6.45, 7) is 5.13. The summed E-state index contributed by atoms with van der Waals surface area (Å²) in [5.41, 5.74) is 6.97. The van der Waals surface area contributed by atoms with Crippen LogP contribution < -0.4 is 5.73 Å². The number of ether oxygens (including phenoxy) is 1. The van der Waals surface area contributed by atoms with Crippen LogP contribution in [0.1, 0.15) is 24.9 Å². The normalized spacial score (nSPS) is 22.4. The first kappa shape index (κ1) is 14.9. The minimum Gasteiger partial charge on any atom is -0.376 e. The Morgan fingerprint density at radius 2 is 2.37 bits per heavy atom. The van der Waals surface area contributed by atoms with E-state index in [2.05, 4.69) is 27.8 Å². The quantitative estimate of drug-likeness (QED) is 0.922. The van der Waals surface area contributed by atoms with E-state index in [4.69, 9.17) is 10.5 Å². The van der Waals surface area contributed by atoms with E-state index in [1.54, 1.807) is 0 Å². The van der Waals surface area contributed by atoms with Crippen LogP contribution in [-0.4, -0.2) is 37.2 Å². The lowest BCUT2D eigenvalue weighted by Crippen LogP contribution is -2.46. The molecule has 1 fully saturated rings. The second-order valence-corrected chi connectivity index (χ2v) is 5.68. The maximum atomic E-state index is 13.3. The van der Waals surface area contributed by atoms with Gasteiger partial charge in [0.2, 0.25) is 0 Å². The molecule has 0 spiro atoms. The number of hydrogen-bond acceptors (Lipinski definition) is 3. The molecule has 1 aliphatic rings. The fourth-order valence-corrected chi connectivity index (χ4v) is 2.88. The first-order chi connectivity index (χ1) is 9.15. The number of morpholine rings is 1. The number of nitrogens with two attached hydrogens (primary N) is 1. The van der Waals surface area contributed by atoms with Gasteiger partial charge in [-0.05, 0) is 40.0 Å². The van der Waals surface area contributed by atoms with Gasteiger partial charge in [0.15, 0.2) is 0 Å². The van der Waals surface area contributed by atoms with Gasteiger partial charge in [-0.3, -0.25) is 4.90 Å². The molecule has 1 saturated heterocycles. The van der Waals surface area contributed by atoms with Gasteiger partial charge in [-0.25, -0.2) is 4.39 Å². The number of halogens is 2. The monoisotopic (exact) mass is 330 g/mol. The summed E-state index contributed by atoms with van der Waals surface area (Å²) in [5.74, 6) is -0.243. The van der Waals surface area contributed by atoms with Gasteiger partial charge < -0.3 is 10.5 Å². The van der Waals surface area contributed by atoms with Crippen molar-refractivity contribution in [3.63, 3.8) is 0 Å². The molecule has 19 heavy (non-hydrogen) atoms. The van der Waals surface area contributed by atoms with Crippen LogP contribution in [0.5, 0.6) is 0 Å². The van der Waals surface area contributed by atoms with Crippen molar-refractivity contribution in [1.29, 1.82) is 0 Å². The van der Waals surface area contributed by atoms with Gasteiger partial charge in [0, 0.05) is 25.7 Å². The predicted octanol–water partition coefficient (Wildman–Crippen LogP) is 2.70. The average Bonchev–Trinajstić information content (AvgIpc) is 2.44. The molecule has 1 heterocycles. The second kappa shape index (κ2) is 6.79. The maximum Gasteiger partial charge on any atom is 0.137 e. The summed E-state index contributed by atoms with van der Waals surface area (Å²) < 4.78 is 19.5. The Labute approximate surface area is 122 Å². The van der Waals surface area contributed by atoms with Gasteiger partial charge in [-0.2, -0.15) is 0 Å². The Hall–Kier alpha value is -0.490. The van der Waals surface area contributed by atoms with Crippen molar-refractivity contribution >= 4 is 15.9 Å². The minimum atomic E-state index is -0.243. The number of nitrogens with zero attached hydrogens (tertiary/aromatic N) is 1. The molecule has 1 aromatic rings. The smallest absolute Gasteiger partial charge is 0.137 e. The maximum absolute atomic E-state index is 13.3. The predicted molar refractivity (Wildman–Crippen MR) is 77.5 cm³/mol. The van der Waals surface area contributed by atoms with E-state index in [0.717, 1.165) is 31.7 Å². The van der Waals surface area contributed by atoms with Gasteiger partial charge >= 0.3 is 0 Å². The molecular weight excluding hydrogens is 311 g/mol. The van der Waals surface area contributed by atoms with E-state index in [0.29, 0.717) is 11.0 Å². The van der Waals surface area contributed by atoms with Gasteiger partial charge in [0.05, 0.1) is 17.2 Å². The Bertz CT molecular complexity index is 430. The molecule has 0 aliphatic carbocycles. The third-order valence-electron chi connectivity index (χ3n) is 3.62. The summed E-state index contributed by atoms with van der Waals surface area (Å²) in [4.78, 5) is 2.33. The van der Waals surface area contributed by atoms with Crippen molar-refractivity contribution in [3.05, 3.63) is 34.1 Å². The molecule has 0 amide bonds. The van der Waals surface area contributed by atoms with Crippen molar-refractivity contribution in [3.8, 4) is 0 Å². The highest BCUT2D eigenvalue weighted by Crippen LogP contribution is 2.26. The van der Waals surface area contributed by atoms with Gasteiger partial charge in [-0.15, -0.1) is 0 Å². The molecule has 1 aliphatic heterocycles. The van der Waals surface area contributed by atoms with Crippen LogP contribution in [-0.2, 0) is 4.74 Å². The molecule has 0 aromatic heterocycles. The third kappa shape index (κ3) is 3.54. The van der Waals surface area contributed by atoms with Gasteiger partial charge in [-0.1, -0.05) is 13.0 Å². The van der Waals surface area contributed by atoms with Gasteiger partial charge in [0.25, 0.3) is 0 Å². The van der Waals surface area contributed by atoms with Crippen LogP contribution in [0.3, 0.4) is 0 Å². The molecule has 0 bridgehead atoms. The van der Waals surface area contributed by atoms with Crippen LogP contribution in [0.4, 0.5) is 4.39 Å². The van der Waals surface area contributed by atoms with E-state index in [9.17, 15) is 4.39 Å². The lowest BCUT2D eigenvalue weighted by atomic mass is 10.0. The Morgan fingerprint density at radius 3 is 3.00 bits per heavy atom. The molecule has 106 valence electrons. The zero-order valence-corrected chi connectivity index (χ0v) is 12.7. The van der Waals surface area contributed by atoms with Gasteiger partial charge in [0.1, 0.15) is 5.82 Å².